The molecule has 0 fully saturated rings. The molecule has 0 radical (unpaired) electrons. The predicted octanol–water partition coefficient (Wildman–Crippen LogP) is 2.25. The summed E-state index contributed by atoms with van der Waals surface area (Å²) in [6.07, 6.45) is -4.12. The van der Waals surface area contributed by atoms with E-state index in [4.69, 9.17) is 0 Å². The van der Waals surface area contributed by atoms with E-state index in [1.807, 2.05) is 0 Å². The molecule has 0 bridgehead atoms. The number of methoxy groups -OCH3 is 1. The smallest absolute Gasteiger partial charge is 0.418 e. The normalized spacial score (nSPS) is 11.5. The highest BCUT2D eigenvalue weighted by Gasteiger charge is 2.32. The lowest BCUT2D eigenvalue weighted by Crippen LogP contribution is -2.06. The van der Waals surface area contributed by atoms with Crippen molar-refractivity contribution in [2.75, 3.05) is 7.11 Å². The van der Waals surface area contributed by atoms with E-state index >= 15 is 0 Å². The molecule has 0 aliphatic heterocycles. The van der Waals surface area contributed by atoms with Crippen LogP contribution < -0.4 is 4.74 Å². The molecule has 0 amide bonds. The molecule has 1 aromatic heterocycles. The fourth-order valence-corrected chi connectivity index (χ4v) is 0.726. The van der Waals surface area contributed by atoms with Gasteiger partial charge in [-0.15, -0.1) is 0 Å². The van der Waals surface area contributed by atoms with Crippen molar-refractivity contribution in [3.05, 3.63) is 23.8 Å². The Hall–Kier alpha value is -1.33. The van der Waals surface area contributed by atoms with Crippen LogP contribution in [0.1, 0.15) is 5.56 Å². The minimum atomic E-state index is -4.53. The third-order valence-electron chi connectivity index (χ3n) is 1.35. The van der Waals surface area contributed by atoms with Gasteiger partial charge in [-0.25, -0.2) is 4.98 Å². The molecule has 2 nitrogen and oxygen atoms in total. The number of aromatic nitrogens is 1. The summed E-state index contributed by atoms with van der Waals surface area (Å²) >= 11 is 0. The lowest BCUT2D eigenvalue weighted by Gasteiger charge is -2.07. The standard InChI is InChI=1S/C7H5F4NO/c1-13-5-2-4(7(9,10)11)3-12-6(5)8/h2-3H,1H3. The van der Waals surface area contributed by atoms with Crippen LogP contribution in [0.5, 0.6) is 5.75 Å². The first-order chi connectivity index (χ1) is 5.95. The van der Waals surface area contributed by atoms with Gasteiger partial charge in [0.2, 0.25) is 0 Å². The Labute approximate surface area is 71.2 Å². The average molecular weight is 195 g/mol. The fourth-order valence-electron chi connectivity index (χ4n) is 0.726. The molecule has 0 saturated heterocycles. The first-order valence-electron chi connectivity index (χ1n) is 3.22. The van der Waals surface area contributed by atoms with Gasteiger partial charge in [0, 0.05) is 6.20 Å². The van der Waals surface area contributed by atoms with E-state index in [0.717, 1.165) is 7.11 Å². The van der Waals surface area contributed by atoms with Crippen LogP contribution in [-0.2, 0) is 6.18 Å². The second kappa shape index (κ2) is 3.20. The van der Waals surface area contributed by atoms with Gasteiger partial charge in [-0.1, -0.05) is 0 Å². The highest BCUT2D eigenvalue weighted by molar-refractivity contribution is 5.26. The van der Waals surface area contributed by atoms with E-state index in [-0.39, 0.29) is 0 Å². The van der Waals surface area contributed by atoms with Crippen molar-refractivity contribution < 1.29 is 22.3 Å². The van der Waals surface area contributed by atoms with Crippen LogP contribution in [0.4, 0.5) is 17.6 Å². The largest absolute Gasteiger partial charge is 0.492 e. The number of pyridine rings is 1. The Balaban J connectivity index is 3.14. The SMILES string of the molecule is COc1cc(C(F)(F)F)cnc1F. The Morgan fingerprint density at radius 2 is 2.00 bits per heavy atom. The van der Waals surface area contributed by atoms with E-state index in [0.29, 0.717) is 12.3 Å². The average Bonchev–Trinajstić information content (AvgIpc) is 2.03. The van der Waals surface area contributed by atoms with Gasteiger partial charge in [-0.2, -0.15) is 17.6 Å². The second-order valence-corrected chi connectivity index (χ2v) is 2.21. The fraction of sp³-hybridized carbons (Fsp3) is 0.286. The van der Waals surface area contributed by atoms with E-state index in [1.54, 1.807) is 0 Å². The molecule has 13 heavy (non-hydrogen) atoms. The zero-order chi connectivity index (χ0) is 10.1. The zero-order valence-corrected chi connectivity index (χ0v) is 6.52. The summed E-state index contributed by atoms with van der Waals surface area (Å²) in [5.41, 5.74) is -1.04. The predicted molar refractivity (Wildman–Crippen MR) is 35.7 cm³/mol. The molecule has 0 aliphatic carbocycles. The van der Waals surface area contributed by atoms with Crippen molar-refractivity contribution in [2.45, 2.75) is 6.18 Å². The highest BCUT2D eigenvalue weighted by Crippen LogP contribution is 2.31. The van der Waals surface area contributed by atoms with Crippen LogP contribution in [0.2, 0.25) is 0 Å². The number of alkyl halides is 3. The third-order valence-corrected chi connectivity index (χ3v) is 1.35. The molecule has 0 atom stereocenters. The first-order valence-corrected chi connectivity index (χ1v) is 3.22. The van der Waals surface area contributed by atoms with Gasteiger partial charge in [0.05, 0.1) is 12.7 Å². The van der Waals surface area contributed by atoms with Crippen molar-refractivity contribution in [3.63, 3.8) is 0 Å². The van der Waals surface area contributed by atoms with Crippen LogP contribution >= 0.6 is 0 Å². The summed E-state index contributed by atoms with van der Waals surface area (Å²) in [6.45, 7) is 0. The summed E-state index contributed by atoms with van der Waals surface area (Å²) in [4.78, 5) is 2.90. The summed E-state index contributed by atoms with van der Waals surface area (Å²) in [7, 11) is 1.07. The summed E-state index contributed by atoms with van der Waals surface area (Å²) in [5.74, 6) is -1.58. The Kier molecular flexibility index (Phi) is 2.40. The molecular weight excluding hydrogens is 190 g/mol. The maximum absolute atomic E-state index is 12.6. The highest BCUT2D eigenvalue weighted by atomic mass is 19.4. The van der Waals surface area contributed by atoms with Crippen LogP contribution in [0.15, 0.2) is 12.3 Å². The van der Waals surface area contributed by atoms with Gasteiger partial charge >= 0.3 is 6.18 Å². The van der Waals surface area contributed by atoms with Gasteiger partial charge in [0.15, 0.2) is 5.75 Å². The second-order valence-electron chi connectivity index (χ2n) is 2.21. The minimum Gasteiger partial charge on any atom is -0.492 e. The van der Waals surface area contributed by atoms with E-state index in [1.165, 1.54) is 0 Å². The lowest BCUT2D eigenvalue weighted by atomic mass is 10.3. The van der Waals surface area contributed by atoms with Gasteiger partial charge in [0.25, 0.3) is 5.95 Å². The molecule has 0 aliphatic rings. The minimum absolute atomic E-state index is 0.415. The van der Waals surface area contributed by atoms with Crippen LogP contribution in [-0.4, -0.2) is 12.1 Å². The zero-order valence-electron chi connectivity index (χ0n) is 6.52. The molecule has 72 valence electrons. The Morgan fingerprint density at radius 1 is 1.38 bits per heavy atom. The number of rotatable bonds is 1. The van der Waals surface area contributed by atoms with E-state index in [9.17, 15) is 17.6 Å². The Morgan fingerprint density at radius 3 is 2.46 bits per heavy atom. The first kappa shape index (κ1) is 9.76. The van der Waals surface area contributed by atoms with Gasteiger partial charge in [-0.3, -0.25) is 0 Å². The van der Waals surface area contributed by atoms with Crippen LogP contribution in [0.25, 0.3) is 0 Å². The lowest BCUT2D eigenvalue weighted by molar-refractivity contribution is -0.138. The molecule has 0 N–H and O–H groups in total. The van der Waals surface area contributed by atoms with Gasteiger partial charge in [0.1, 0.15) is 0 Å². The van der Waals surface area contributed by atoms with Crippen molar-refractivity contribution in [2.24, 2.45) is 0 Å². The van der Waals surface area contributed by atoms with Gasteiger partial charge < -0.3 is 4.74 Å². The molecule has 0 unspecified atom stereocenters. The number of hydrogen-bond acceptors (Lipinski definition) is 2. The molecular formula is C7H5F4NO. The molecule has 0 spiro atoms. The molecule has 1 aromatic rings. The van der Waals surface area contributed by atoms with Crippen LogP contribution in [0.3, 0.4) is 0 Å². The van der Waals surface area contributed by atoms with Crippen LogP contribution in [0, 0.1) is 5.95 Å². The quantitative estimate of drug-likeness (QED) is 0.506. The van der Waals surface area contributed by atoms with Crippen molar-refractivity contribution in [1.29, 1.82) is 0 Å². The third kappa shape index (κ3) is 2.07. The molecule has 6 heteroatoms. The molecule has 0 saturated carbocycles. The topological polar surface area (TPSA) is 22.1 Å². The van der Waals surface area contributed by atoms with Gasteiger partial charge in [-0.05, 0) is 6.07 Å². The monoisotopic (exact) mass is 195 g/mol. The molecule has 0 aromatic carbocycles. The van der Waals surface area contributed by atoms with Crippen molar-refractivity contribution in [3.8, 4) is 5.75 Å². The van der Waals surface area contributed by atoms with E-state index in [2.05, 4.69) is 9.72 Å². The maximum atomic E-state index is 12.6. The Bertz CT molecular complexity index is 310. The number of ether oxygens (including phenoxy) is 1. The van der Waals surface area contributed by atoms with Crippen molar-refractivity contribution >= 4 is 0 Å². The summed E-state index contributed by atoms with van der Waals surface area (Å²) < 4.78 is 53.0. The van der Waals surface area contributed by atoms with Crippen molar-refractivity contribution in [1.82, 2.24) is 4.98 Å². The number of halogens is 4. The summed E-state index contributed by atoms with van der Waals surface area (Å²) in [6, 6.07) is 0.558. The maximum Gasteiger partial charge on any atom is 0.418 e. The number of hydrogen-bond donors (Lipinski definition) is 0. The molecule has 1 heterocycles. The summed E-state index contributed by atoms with van der Waals surface area (Å²) in [5, 5.41) is 0. The van der Waals surface area contributed by atoms with E-state index < -0.39 is 23.4 Å². The number of nitrogens with zero attached hydrogens (tertiary/aromatic N) is 1. The molecule has 1 rings (SSSR count).